The van der Waals surface area contributed by atoms with Crippen LogP contribution in [0.15, 0.2) is 12.3 Å². The summed E-state index contributed by atoms with van der Waals surface area (Å²) in [4.78, 5) is 0. The van der Waals surface area contributed by atoms with Gasteiger partial charge in [-0.15, -0.1) is 0 Å². The minimum atomic E-state index is 1.12. The van der Waals surface area contributed by atoms with Crippen LogP contribution >= 0.6 is 0 Å². The molecule has 108 valence electrons. The molecule has 0 saturated carbocycles. The van der Waals surface area contributed by atoms with Gasteiger partial charge in [-0.25, -0.2) is 0 Å². The molecule has 0 aromatic carbocycles. The normalized spacial score (nSPS) is 10.6. The summed E-state index contributed by atoms with van der Waals surface area (Å²) < 4.78 is 0. The Balaban J connectivity index is 3.08. The van der Waals surface area contributed by atoms with E-state index in [2.05, 4.69) is 25.7 Å². The first-order chi connectivity index (χ1) is 8.81. The number of hydrogen-bond donors (Lipinski definition) is 1. The number of nitrogens with one attached hydrogen (secondary N) is 1. The zero-order valence-corrected chi connectivity index (χ0v) is 12.9. The number of unbranched alkanes of at least 4 members (excludes halogenated alkanes) is 9. The summed E-state index contributed by atoms with van der Waals surface area (Å²) in [6, 6.07) is 0. The van der Waals surface area contributed by atoms with Crippen LogP contribution < -0.4 is 5.32 Å². The predicted octanol–water partition coefficient (Wildman–Crippen LogP) is 5.81. The van der Waals surface area contributed by atoms with E-state index in [4.69, 9.17) is 0 Å². The Morgan fingerprint density at radius 2 is 1.22 bits per heavy atom. The molecule has 0 aromatic heterocycles. The molecule has 0 aliphatic carbocycles. The maximum absolute atomic E-state index is 4.08. The maximum Gasteiger partial charge on any atom is 0.0143 e. The van der Waals surface area contributed by atoms with Crippen LogP contribution in [-0.2, 0) is 0 Å². The third-order valence-corrected chi connectivity index (χ3v) is 3.49. The lowest BCUT2D eigenvalue weighted by molar-refractivity contribution is 0.563. The summed E-state index contributed by atoms with van der Waals surface area (Å²) in [5.74, 6) is 0. The van der Waals surface area contributed by atoms with Crippen molar-refractivity contribution in [3.05, 3.63) is 12.3 Å². The molecule has 0 spiro atoms. The highest BCUT2D eigenvalue weighted by molar-refractivity contribution is 4.90. The fourth-order valence-electron chi connectivity index (χ4n) is 2.20. The van der Waals surface area contributed by atoms with E-state index in [0.29, 0.717) is 0 Å². The first kappa shape index (κ1) is 17.5. The molecular formula is C17H35N. The lowest BCUT2D eigenvalue weighted by Crippen LogP contribution is -2.13. The summed E-state index contributed by atoms with van der Waals surface area (Å²) in [7, 11) is 0. The van der Waals surface area contributed by atoms with E-state index >= 15 is 0 Å². The van der Waals surface area contributed by atoms with Gasteiger partial charge in [0.2, 0.25) is 0 Å². The Morgan fingerprint density at radius 1 is 0.722 bits per heavy atom. The van der Waals surface area contributed by atoms with Crippen molar-refractivity contribution in [2.24, 2.45) is 0 Å². The Kier molecular flexibility index (Phi) is 14.2. The molecule has 0 rings (SSSR count). The van der Waals surface area contributed by atoms with E-state index in [0.717, 1.165) is 13.0 Å². The van der Waals surface area contributed by atoms with Crippen molar-refractivity contribution in [3.63, 3.8) is 0 Å². The predicted molar refractivity (Wildman–Crippen MR) is 83.9 cm³/mol. The van der Waals surface area contributed by atoms with Crippen LogP contribution in [0, 0.1) is 0 Å². The zero-order valence-electron chi connectivity index (χ0n) is 12.9. The molecule has 18 heavy (non-hydrogen) atoms. The Hall–Kier alpha value is -0.460. The molecule has 1 N–H and O–H groups in total. The molecule has 0 fully saturated rings. The SMILES string of the molecule is C=C(CCCCC)NCCCCCCCCCC. The topological polar surface area (TPSA) is 12.0 Å². The van der Waals surface area contributed by atoms with E-state index in [1.165, 1.54) is 76.3 Å². The summed E-state index contributed by atoms with van der Waals surface area (Å²) >= 11 is 0. The molecule has 0 atom stereocenters. The standard InChI is InChI=1S/C17H35N/c1-4-6-8-9-10-11-12-14-16-18-17(3)15-13-7-5-2/h18H,3-16H2,1-2H3. The molecule has 0 radical (unpaired) electrons. The second kappa shape index (κ2) is 14.6. The molecule has 0 amide bonds. The van der Waals surface area contributed by atoms with Gasteiger partial charge in [-0.05, 0) is 19.3 Å². The molecule has 0 aliphatic heterocycles. The van der Waals surface area contributed by atoms with Crippen LogP contribution in [0.2, 0.25) is 0 Å². The lowest BCUT2D eigenvalue weighted by Gasteiger charge is -2.09. The first-order valence-electron chi connectivity index (χ1n) is 8.22. The van der Waals surface area contributed by atoms with Gasteiger partial charge in [0.25, 0.3) is 0 Å². The van der Waals surface area contributed by atoms with Gasteiger partial charge in [-0.3, -0.25) is 0 Å². The number of rotatable bonds is 14. The molecule has 0 aromatic rings. The van der Waals surface area contributed by atoms with Crippen LogP contribution in [0.3, 0.4) is 0 Å². The number of allylic oxidation sites excluding steroid dienone is 1. The van der Waals surface area contributed by atoms with Gasteiger partial charge in [0.05, 0.1) is 0 Å². The molecule has 0 unspecified atom stereocenters. The highest BCUT2D eigenvalue weighted by Gasteiger charge is 1.94. The average Bonchev–Trinajstić information content (AvgIpc) is 2.37. The van der Waals surface area contributed by atoms with Crippen molar-refractivity contribution in [2.45, 2.75) is 90.9 Å². The lowest BCUT2D eigenvalue weighted by atomic mass is 10.1. The van der Waals surface area contributed by atoms with E-state index < -0.39 is 0 Å². The monoisotopic (exact) mass is 253 g/mol. The Labute approximate surface area is 115 Å². The summed E-state index contributed by atoms with van der Waals surface area (Å²) in [6.07, 6.45) is 16.2. The van der Waals surface area contributed by atoms with Gasteiger partial charge in [-0.2, -0.15) is 0 Å². The van der Waals surface area contributed by atoms with E-state index in [1.54, 1.807) is 0 Å². The van der Waals surface area contributed by atoms with Gasteiger partial charge in [0, 0.05) is 12.2 Å². The smallest absolute Gasteiger partial charge is 0.0143 e. The minimum absolute atomic E-state index is 1.12. The van der Waals surface area contributed by atoms with Crippen LogP contribution in [0.25, 0.3) is 0 Å². The Morgan fingerprint density at radius 3 is 1.83 bits per heavy atom. The first-order valence-corrected chi connectivity index (χ1v) is 8.22. The maximum atomic E-state index is 4.08. The van der Waals surface area contributed by atoms with Crippen LogP contribution in [-0.4, -0.2) is 6.54 Å². The van der Waals surface area contributed by atoms with Crippen LogP contribution in [0.4, 0.5) is 0 Å². The van der Waals surface area contributed by atoms with E-state index in [1.807, 2.05) is 0 Å². The van der Waals surface area contributed by atoms with Gasteiger partial charge in [-0.1, -0.05) is 78.2 Å². The summed E-state index contributed by atoms with van der Waals surface area (Å²) in [5, 5.41) is 3.46. The van der Waals surface area contributed by atoms with Crippen molar-refractivity contribution in [1.29, 1.82) is 0 Å². The highest BCUT2D eigenvalue weighted by Crippen LogP contribution is 2.08. The van der Waals surface area contributed by atoms with Gasteiger partial charge in [0.1, 0.15) is 0 Å². The van der Waals surface area contributed by atoms with Crippen LogP contribution in [0.5, 0.6) is 0 Å². The number of hydrogen-bond acceptors (Lipinski definition) is 1. The highest BCUT2D eigenvalue weighted by atomic mass is 14.9. The fraction of sp³-hybridized carbons (Fsp3) is 0.882. The quantitative estimate of drug-likeness (QED) is 0.385. The average molecular weight is 253 g/mol. The molecule has 1 nitrogen and oxygen atoms in total. The van der Waals surface area contributed by atoms with Gasteiger partial charge in [0.15, 0.2) is 0 Å². The second-order valence-corrected chi connectivity index (χ2v) is 5.46. The minimum Gasteiger partial charge on any atom is -0.389 e. The molecule has 0 saturated heterocycles. The van der Waals surface area contributed by atoms with E-state index in [-0.39, 0.29) is 0 Å². The summed E-state index contributed by atoms with van der Waals surface area (Å²) in [5.41, 5.74) is 1.24. The molecule has 0 heterocycles. The van der Waals surface area contributed by atoms with Gasteiger partial charge < -0.3 is 5.32 Å². The zero-order chi connectivity index (χ0) is 13.5. The van der Waals surface area contributed by atoms with E-state index in [9.17, 15) is 0 Å². The third-order valence-electron chi connectivity index (χ3n) is 3.49. The molecular weight excluding hydrogens is 218 g/mol. The Bertz CT molecular complexity index is 174. The second-order valence-electron chi connectivity index (χ2n) is 5.46. The van der Waals surface area contributed by atoms with Crippen molar-refractivity contribution in [2.75, 3.05) is 6.54 Å². The molecule has 0 aliphatic rings. The van der Waals surface area contributed by atoms with Crippen molar-refractivity contribution >= 4 is 0 Å². The van der Waals surface area contributed by atoms with Crippen molar-refractivity contribution in [1.82, 2.24) is 5.32 Å². The van der Waals surface area contributed by atoms with Crippen molar-refractivity contribution < 1.29 is 0 Å². The third kappa shape index (κ3) is 13.6. The van der Waals surface area contributed by atoms with Crippen molar-refractivity contribution in [3.8, 4) is 0 Å². The van der Waals surface area contributed by atoms with Gasteiger partial charge >= 0.3 is 0 Å². The van der Waals surface area contributed by atoms with Crippen LogP contribution in [0.1, 0.15) is 90.9 Å². The fourth-order valence-corrected chi connectivity index (χ4v) is 2.20. The molecule has 0 bridgehead atoms. The molecule has 1 heteroatoms. The largest absolute Gasteiger partial charge is 0.389 e. The summed E-state index contributed by atoms with van der Waals surface area (Å²) in [6.45, 7) is 9.73.